The summed E-state index contributed by atoms with van der Waals surface area (Å²) in [6.45, 7) is 4.44. The van der Waals surface area contributed by atoms with E-state index in [0.717, 1.165) is 24.5 Å². The van der Waals surface area contributed by atoms with Crippen LogP contribution < -0.4 is 5.73 Å². The monoisotopic (exact) mass is 255 g/mol. The third-order valence-electron chi connectivity index (χ3n) is 2.65. The van der Waals surface area contributed by atoms with Crippen molar-refractivity contribution in [3.8, 4) is 0 Å². The topological polar surface area (TPSA) is 26.0 Å². The molecule has 0 fully saturated rings. The summed E-state index contributed by atoms with van der Waals surface area (Å²) in [4.78, 5) is 0.701. The van der Waals surface area contributed by atoms with Gasteiger partial charge in [0, 0.05) is 16.7 Å². The number of halogens is 1. The largest absolute Gasteiger partial charge is 0.327 e. The number of hydrogen-bond acceptors (Lipinski definition) is 2. The quantitative estimate of drug-likeness (QED) is 0.743. The van der Waals surface area contributed by atoms with Crippen molar-refractivity contribution >= 4 is 11.8 Å². The van der Waals surface area contributed by atoms with Crippen molar-refractivity contribution in [1.29, 1.82) is 0 Å². The summed E-state index contributed by atoms with van der Waals surface area (Å²) in [6, 6.07) is 7.03. The number of rotatable bonds is 7. The molecule has 0 saturated carbocycles. The molecule has 0 heterocycles. The van der Waals surface area contributed by atoms with Crippen LogP contribution in [0.15, 0.2) is 29.2 Å². The maximum absolute atomic E-state index is 13.3. The van der Waals surface area contributed by atoms with Crippen molar-refractivity contribution in [1.82, 2.24) is 0 Å². The van der Waals surface area contributed by atoms with E-state index in [0.29, 0.717) is 4.90 Å². The van der Waals surface area contributed by atoms with Crippen molar-refractivity contribution in [3.05, 3.63) is 30.1 Å². The molecule has 0 aliphatic carbocycles. The first-order valence-corrected chi connectivity index (χ1v) is 7.21. The fourth-order valence-electron chi connectivity index (χ4n) is 1.63. The van der Waals surface area contributed by atoms with Gasteiger partial charge < -0.3 is 5.73 Å². The molecule has 1 rings (SSSR count). The van der Waals surface area contributed by atoms with Crippen molar-refractivity contribution in [3.63, 3.8) is 0 Å². The van der Waals surface area contributed by atoms with Gasteiger partial charge in [0.05, 0.1) is 0 Å². The van der Waals surface area contributed by atoms with Gasteiger partial charge in [0.2, 0.25) is 0 Å². The zero-order chi connectivity index (χ0) is 12.7. The Morgan fingerprint density at radius 1 is 1.24 bits per heavy atom. The molecule has 0 aliphatic heterocycles. The molecule has 1 aromatic rings. The summed E-state index contributed by atoms with van der Waals surface area (Å²) in [7, 11) is 0. The molecule has 17 heavy (non-hydrogen) atoms. The van der Waals surface area contributed by atoms with E-state index in [1.54, 1.807) is 12.1 Å². The van der Waals surface area contributed by atoms with E-state index in [2.05, 4.69) is 13.8 Å². The predicted octanol–water partition coefficient (Wildman–Crippen LogP) is 4.07. The van der Waals surface area contributed by atoms with Gasteiger partial charge in [0.25, 0.3) is 0 Å². The minimum atomic E-state index is -0.146. The molecule has 0 amide bonds. The summed E-state index contributed by atoms with van der Waals surface area (Å²) in [6.07, 6.45) is 3.41. The fraction of sp³-hybridized carbons (Fsp3) is 0.571. The Hall–Kier alpha value is -0.540. The average molecular weight is 255 g/mol. The molecular weight excluding hydrogens is 233 g/mol. The molecule has 1 atom stereocenters. The molecular formula is C14H22FNS. The third-order valence-corrected chi connectivity index (χ3v) is 3.88. The first-order valence-electron chi connectivity index (χ1n) is 6.22. The lowest BCUT2D eigenvalue weighted by Crippen LogP contribution is -2.22. The Kier molecular flexibility index (Phi) is 6.60. The zero-order valence-electron chi connectivity index (χ0n) is 10.7. The van der Waals surface area contributed by atoms with E-state index in [4.69, 9.17) is 5.73 Å². The van der Waals surface area contributed by atoms with Gasteiger partial charge >= 0.3 is 0 Å². The lowest BCUT2D eigenvalue weighted by Gasteiger charge is -2.12. The van der Waals surface area contributed by atoms with Crippen LogP contribution in [0.1, 0.15) is 33.1 Å². The Morgan fingerprint density at radius 3 is 2.59 bits per heavy atom. The van der Waals surface area contributed by atoms with E-state index in [9.17, 15) is 4.39 Å². The molecule has 0 saturated heterocycles. The molecule has 96 valence electrons. The number of nitrogens with two attached hydrogens (primary N) is 1. The highest BCUT2D eigenvalue weighted by Gasteiger charge is 2.06. The Balaban J connectivity index is 2.24. The Labute approximate surface area is 108 Å². The normalized spacial score (nSPS) is 13.0. The van der Waals surface area contributed by atoms with Crippen LogP contribution in [0.3, 0.4) is 0 Å². The van der Waals surface area contributed by atoms with Gasteiger partial charge in [0.15, 0.2) is 0 Å². The van der Waals surface area contributed by atoms with E-state index in [1.807, 2.05) is 6.07 Å². The molecule has 0 spiro atoms. The second kappa shape index (κ2) is 7.72. The summed E-state index contributed by atoms with van der Waals surface area (Å²) >= 11 is 1.51. The second-order valence-corrected chi connectivity index (χ2v) is 5.89. The summed E-state index contributed by atoms with van der Waals surface area (Å²) in [5.41, 5.74) is 6.01. The molecule has 1 unspecified atom stereocenters. The van der Waals surface area contributed by atoms with Crippen LogP contribution in [0.2, 0.25) is 0 Å². The van der Waals surface area contributed by atoms with Crippen LogP contribution in [0, 0.1) is 11.7 Å². The molecule has 1 aromatic carbocycles. The van der Waals surface area contributed by atoms with Crippen LogP contribution in [-0.2, 0) is 0 Å². The number of benzene rings is 1. The van der Waals surface area contributed by atoms with Crippen LogP contribution in [0.5, 0.6) is 0 Å². The summed E-state index contributed by atoms with van der Waals surface area (Å²) < 4.78 is 13.3. The van der Waals surface area contributed by atoms with Gasteiger partial charge in [-0.25, -0.2) is 4.39 Å². The molecule has 0 bridgehead atoms. The maximum Gasteiger partial charge on any atom is 0.136 e. The first-order chi connectivity index (χ1) is 8.09. The van der Waals surface area contributed by atoms with Gasteiger partial charge in [-0.15, -0.1) is 11.8 Å². The molecule has 3 heteroatoms. The van der Waals surface area contributed by atoms with Crippen LogP contribution >= 0.6 is 11.8 Å². The highest BCUT2D eigenvalue weighted by molar-refractivity contribution is 7.99. The van der Waals surface area contributed by atoms with E-state index >= 15 is 0 Å². The van der Waals surface area contributed by atoms with Crippen molar-refractivity contribution < 1.29 is 4.39 Å². The highest BCUT2D eigenvalue weighted by Crippen LogP contribution is 2.22. The lowest BCUT2D eigenvalue weighted by molar-refractivity contribution is 0.513. The van der Waals surface area contributed by atoms with Gasteiger partial charge in [-0.1, -0.05) is 38.8 Å². The maximum atomic E-state index is 13.3. The summed E-state index contributed by atoms with van der Waals surface area (Å²) in [5.74, 6) is 1.38. The smallest absolute Gasteiger partial charge is 0.136 e. The van der Waals surface area contributed by atoms with Crippen molar-refractivity contribution in [2.75, 3.05) is 5.75 Å². The van der Waals surface area contributed by atoms with Gasteiger partial charge in [-0.3, -0.25) is 0 Å². The predicted molar refractivity (Wildman–Crippen MR) is 73.8 cm³/mol. The van der Waals surface area contributed by atoms with Gasteiger partial charge in [0.1, 0.15) is 5.82 Å². The van der Waals surface area contributed by atoms with Crippen LogP contribution in [0.25, 0.3) is 0 Å². The molecule has 2 N–H and O–H groups in total. The van der Waals surface area contributed by atoms with Crippen LogP contribution in [0.4, 0.5) is 4.39 Å². The molecule has 1 nitrogen and oxygen atoms in total. The summed E-state index contributed by atoms with van der Waals surface area (Å²) in [5, 5.41) is 0. The Bertz CT molecular complexity index is 328. The van der Waals surface area contributed by atoms with Gasteiger partial charge in [-0.05, 0) is 24.5 Å². The first kappa shape index (κ1) is 14.5. The SMILES string of the molecule is CC(C)CCCC(N)CSc1ccccc1F. The number of thioether (sulfide) groups is 1. The average Bonchev–Trinajstić information content (AvgIpc) is 2.27. The number of hydrogen-bond donors (Lipinski definition) is 1. The fourth-order valence-corrected chi connectivity index (χ4v) is 2.57. The Morgan fingerprint density at radius 2 is 1.94 bits per heavy atom. The van der Waals surface area contributed by atoms with Gasteiger partial charge in [-0.2, -0.15) is 0 Å². The molecule has 0 aromatic heterocycles. The minimum absolute atomic E-state index is 0.146. The standard InChI is InChI=1S/C14H22FNS/c1-11(2)6-5-7-12(16)10-17-14-9-4-3-8-13(14)15/h3-4,8-9,11-12H,5-7,10,16H2,1-2H3. The van der Waals surface area contributed by atoms with Crippen LogP contribution in [-0.4, -0.2) is 11.8 Å². The van der Waals surface area contributed by atoms with Crippen molar-refractivity contribution in [2.24, 2.45) is 11.7 Å². The lowest BCUT2D eigenvalue weighted by atomic mass is 10.0. The third kappa shape index (κ3) is 6.08. The van der Waals surface area contributed by atoms with E-state index in [1.165, 1.54) is 24.2 Å². The minimum Gasteiger partial charge on any atom is -0.327 e. The molecule has 0 aliphatic rings. The zero-order valence-corrected chi connectivity index (χ0v) is 11.5. The second-order valence-electron chi connectivity index (χ2n) is 4.83. The van der Waals surface area contributed by atoms with E-state index in [-0.39, 0.29) is 11.9 Å². The molecule has 0 radical (unpaired) electrons. The highest BCUT2D eigenvalue weighted by atomic mass is 32.2. The van der Waals surface area contributed by atoms with Crippen molar-refractivity contribution in [2.45, 2.75) is 44.0 Å². The van der Waals surface area contributed by atoms with E-state index < -0.39 is 0 Å².